The lowest BCUT2D eigenvalue weighted by Crippen LogP contribution is -2.46. The van der Waals surface area contributed by atoms with Gasteiger partial charge in [-0.25, -0.2) is 0 Å². The van der Waals surface area contributed by atoms with Crippen molar-refractivity contribution in [3.8, 4) is 0 Å². The third-order valence-corrected chi connectivity index (χ3v) is 4.73. The van der Waals surface area contributed by atoms with Crippen LogP contribution in [-0.2, 0) is 16.1 Å². The van der Waals surface area contributed by atoms with Crippen LogP contribution in [0.3, 0.4) is 0 Å². The van der Waals surface area contributed by atoms with Crippen molar-refractivity contribution in [2.24, 2.45) is 5.92 Å². The summed E-state index contributed by atoms with van der Waals surface area (Å²) < 4.78 is 0. The van der Waals surface area contributed by atoms with Gasteiger partial charge in [0.25, 0.3) is 0 Å². The van der Waals surface area contributed by atoms with E-state index in [4.69, 9.17) is 0 Å². The van der Waals surface area contributed by atoms with Crippen LogP contribution in [0.15, 0.2) is 54.9 Å². The van der Waals surface area contributed by atoms with Gasteiger partial charge in [0.15, 0.2) is 0 Å². The lowest BCUT2D eigenvalue weighted by atomic mass is 9.88. The second kappa shape index (κ2) is 7.92. The largest absolute Gasteiger partial charge is 0.352 e. The van der Waals surface area contributed by atoms with Crippen LogP contribution in [0, 0.1) is 5.92 Å². The maximum Gasteiger partial charge on any atom is 0.225 e. The Labute approximate surface area is 148 Å². The number of aromatic nitrogens is 1. The van der Waals surface area contributed by atoms with Crippen LogP contribution in [0.4, 0.5) is 0 Å². The summed E-state index contributed by atoms with van der Waals surface area (Å²) in [6, 6.07) is 13.9. The van der Waals surface area contributed by atoms with Gasteiger partial charge in [-0.2, -0.15) is 0 Å². The zero-order valence-corrected chi connectivity index (χ0v) is 14.4. The van der Waals surface area contributed by atoms with E-state index in [9.17, 15) is 9.59 Å². The normalized spacial score (nSPS) is 20.1. The predicted molar refractivity (Wildman–Crippen MR) is 95.4 cm³/mol. The molecule has 0 spiro atoms. The minimum Gasteiger partial charge on any atom is -0.352 e. The van der Waals surface area contributed by atoms with Crippen molar-refractivity contribution in [2.75, 3.05) is 6.54 Å². The summed E-state index contributed by atoms with van der Waals surface area (Å²) in [7, 11) is 0. The number of pyridine rings is 1. The van der Waals surface area contributed by atoms with E-state index in [2.05, 4.69) is 10.3 Å². The number of nitrogens with zero attached hydrogens (tertiary/aromatic N) is 2. The Morgan fingerprint density at radius 2 is 1.96 bits per heavy atom. The lowest BCUT2D eigenvalue weighted by molar-refractivity contribution is -0.137. The van der Waals surface area contributed by atoms with Gasteiger partial charge in [0.05, 0.1) is 12.0 Å². The highest BCUT2D eigenvalue weighted by atomic mass is 16.2. The van der Waals surface area contributed by atoms with E-state index in [0.29, 0.717) is 13.1 Å². The van der Waals surface area contributed by atoms with Crippen molar-refractivity contribution in [2.45, 2.75) is 32.4 Å². The molecule has 5 nitrogen and oxygen atoms in total. The lowest BCUT2D eigenvalue weighted by Gasteiger charge is -2.39. The molecule has 1 aliphatic heterocycles. The summed E-state index contributed by atoms with van der Waals surface area (Å²) in [6.45, 7) is 2.50. The average molecular weight is 337 g/mol. The Bertz CT molecular complexity index is 718. The van der Waals surface area contributed by atoms with Crippen LogP contribution in [0.5, 0.6) is 0 Å². The number of hydrogen-bond acceptors (Lipinski definition) is 3. The second-order valence-electron chi connectivity index (χ2n) is 6.45. The molecule has 3 rings (SSSR count). The molecule has 2 aromatic rings. The molecule has 130 valence electrons. The number of amides is 2. The number of carbonyl (C=O) groups excluding carboxylic acids is 2. The molecule has 1 N–H and O–H groups in total. The Morgan fingerprint density at radius 1 is 1.16 bits per heavy atom. The number of rotatable bonds is 4. The quantitative estimate of drug-likeness (QED) is 0.933. The van der Waals surface area contributed by atoms with E-state index in [1.54, 1.807) is 19.3 Å². The SMILES string of the molecule is CC(=O)N1CC(C(=O)NCc2cccnc2)CCC1c1ccccc1. The standard InChI is InChI=1S/C20H23N3O2/c1-15(24)23-14-18(9-10-19(23)17-7-3-2-4-8-17)20(25)22-13-16-6-5-11-21-12-16/h2-8,11-12,18-19H,9-10,13-14H2,1H3,(H,22,25). The molecular formula is C20H23N3O2. The van der Waals surface area contributed by atoms with Crippen molar-refractivity contribution in [1.29, 1.82) is 0 Å². The molecule has 2 unspecified atom stereocenters. The molecule has 1 saturated heterocycles. The zero-order chi connectivity index (χ0) is 17.6. The molecule has 0 saturated carbocycles. The fourth-order valence-electron chi connectivity index (χ4n) is 3.39. The highest BCUT2D eigenvalue weighted by molar-refractivity contribution is 5.81. The summed E-state index contributed by atoms with van der Waals surface area (Å²) in [5, 5.41) is 2.97. The van der Waals surface area contributed by atoms with Crippen LogP contribution in [0.2, 0.25) is 0 Å². The van der Waals surface area contributed by atoms with Gasteiger partial charge in [-0.3, -0.25) is 14.6 Å². The third kappa shape index (κ3) is 4.24. The molecule has 2 amide bonds. The van der Waals surface area contributed by atoms with Crippen LogP contribution >= 0.6 is 0 Å². The maximum absolute atomic E-state index is 12.5. The molecule has 1 aliphatic rings. The molecule has 0 radical (unpaired) electrons. The van der Waals surface area contributed by atoms with Crippen molar-refractivity contribution in [3.63, 3.8) is 0 Å². The predicted octanol–water partition coefficient (Wildman–Crippen LogP) is 2.70. The van der Waals surface area contributed by atoms with Gasteiger partial charge in [0.1, 0.15) is 0 Å². The Morgan fingerprint density at radius 3 is 2.64 bits per heavy atom. The molecule has 5 heteroatoms. The molecule has 2 heterocycles. The summed E-state index contributed by atoms with van der Waals surface area (Å²) >= 11 is 0. The maximum atomic E-state index is 12.5. The first-order valence-corrected chi connectivity index (χ1v) is 8.64. The van der Waals surface area contributed by atoms with Gasteiger partial charge >= 0.3 is 0 Å². The van der Waals surface area contributed by atoms with E-state index in [-0.39, 0.29) is 23.8 Å². The smallest absolute Gasteiger partial charge is 0.225 e. The minimum absolute atomic E-state index is 0.00150. The molecular weight excluding hydrogens is 314 g/mol. The second-order valence-corrected chi connectivity index (χ2v) is 6.45. The van der Waals surface area contributed by atoms with E-state index >= 15 is 0 Å². The Balaban J connectivity index is 1.63. The summed E-state index contributed by atoms with van der Waals surface area (Å²) in [5.41, 5.74) is 2.10. The van der Waals surface area contributed by atoms with Gasteiger partial charge in [-0.15, -0.1) is 0 Å². The van der Waals surface area contributed by atoms with Crippen LogP contribution in [0.25, 0.3) is 0 Å². The number of hydrogen-bond donors (Lipinski definition) is 1. The first-order valence-electron chi connectivity index (χ1n) is 8.64. The van der Waals surface area contributed by atoms with Crippen LogP contribution < -0.4 is 5.32 Å². The van der Waals surface area contributed by atoms with Crippen molar-refractivity contribution >= 4 is 11.8 Å². The summed E-state index contributed by atoms with van der Waals surface area (Å²) in [4.78, 5) is 30.5. The van der Waals surface area contributed by atoms with E-state index < -0.39 is 0 Å². The Kier molecular flexibility index (Phi) is 5.43. The van der Waals surface area contributed by atoms with E-state index in [1.807, 2.05) is 47.4 Å². The van der Waals surface area contributed by atoms with Crippen molar-refractivity contribution < 1.29 is 9.59 Å². The minimum atomic E-state index is -0.166. The van der Waals surface area contributed by atoms with Crippen molar-refractivity contribution in [1.82, 2.24) is 15.2 Å². The highest BCUT2D eigenvalue weighted by Crippen LogP contribution is 2.33. The fourth-order valence-corrected chi connectivity index (χ4v) is 3.39. The van der Waals surface area contributed by atoms with E-state index in [1.165, 1.54) is 0 Å². The van der Waals surface area contributed by atoms with Gasteiger partial charge in [-0.05, 0) is 30.0 Å². The molecule has 25 heavy (non-hydrogen) atoms. The highest BCUT2D eigenvalue weighted by Gasteiger charge is 2.34. The first kappa shape index (κ1) is 17.1. The number of carbonyl (C=O) groups is 2. The van der Waals surface area contributed by atoms with Gasteiger partial charge in [-0.1, -0.05) is 36.4 Å². The van der Waals surface area contributed by atoms with Gasteiger partial charge < -0.3 is 10.2 Å². The molecule has 1 aromatic carbocycles. The summed E-state index contributed by atoms with van der Waals surface area (Å²) in [6.07, 6.45) is 5.03. The van der Waals surface area contributed by atoms with Crippen LogP contribution in [0.1, 0.15) is 36.9 Å². The van der Waals surface area contributed by atoms with E-state index in [0.717, 1.165) is 24.0 Å². The molecule has 1 fully saturated rings. The van der Waals surface area contributed by atoms with Gasteiger partial charge in [0.2, 0.25) is 11.8 Å². The first-order chi connectivity index (χ1) is 12.1. The topological polar surface area (TPSA) is 62.3 Å². The number of likely N-dealkylation sites (tertiary alicyclic amines) is 1. The fraction of sp³-hybridized carbons (Fsp3) is 0.350. The van der Waals surface area contributed by atoms with Crippen molar-refractivity contribution in [3.05, 3.63) is 66.0 Å². The third-order valence-electron chi connectivity index (χ3n) is 4.73. The number of benzene rings is 1. The molecule has 1 aromatic heterocycles. The zero-order valence-electron chi connectivity index (χ0n) is 14.4. The monoisotopic (exact) mass is 337 g/mol. The average Bonchev–Trinajstić information content (AvgIpc) is 2.67. The van der Waals surface area contributed by atoms with Gasteiger partial charge in [0, 0.05) is 32.4 Å². The molecule has 0 bridgehead atoms. The molecule has 2 atom stereocenters. The summed E-state index contributed by atoms with van der Waals surface area (Å²) in [5.74, 6) is -0.152. The molecule has 0 aliphatic carbocycles. The Hall–Kier alpha value is -2.69. The number of nitrogens with one attached hydrogen (secondary N) is 1. The number of piperidine rings is 1. The van der Waals surface area contributed by atoms with Crippen LogP contribution in [-0.4, -0.2) is 28.2 Å².